The number of aromatic nitrogens is 1. The van der Waals surface area contributed by atoms with E-state index in [9.17, 15) is 4.79 Å². The molecule has 0 aromatic carbocycles. The Bertz CT molecular complexity index is 366. The zero-order valence-corrected chi connectivity index (χ0v) is 10.2. The molecule has 2 heterocycles. The molecule has 1 N–H and O–H groups in total. The number of hydrogen-bond donors (Lipinski definition) is 1. The van der Waals surface area contributed by atoms with E-state index in [0.717, 1.165) is 25.1 Å². The average Bonchev–Trinajstić information content (AvgIpc) is 2.37. The topological polar surface area (TPSA) is 45.2 Å². The highest BCUT2D eigenvalue weighted by Crippen LogP contribution is 2.15. The van der Waals surface area contributed by atoms with Gasteiger partial charge < -0.3 is 10.2 Å². The van der Waals surface area contributed by atoms with Crippen LogP contribution in [0.15, 0.2) is 24.5 Å². The number of hydrogen-bond acceptors (Lipinski definition) is 2. The fraction of sp³-hybridized carbons (Fsp3) is 0.538. The Labute approximate surface area is 102 Å². The van der Waals surface area contributed by atoms with Crippen LogP contribution >= 0.6 is 0 Å². The molecule has 1 aliphatic rings. The molecular weight excluding hydrogens is 214 g/mol. The van der Waals surface area contributed by atoms with Gasteiger partial charge in [0.2, 0.25) is 0 Å². The van der Waals surface area contributed by atoms with Gasteiger partial charge in [0.1, 0.15) is 0 Å². The SMILES string of the molecule is CC1CCCN(C(=O)NCc2ccncc2)C1. The largest absolute Gasteiger partial charge is 0.334 e. The Morgan fingerprint density at radius 1 is 1.53 bits per heavy atom. The van der Waals surface area contributed by atoms with E-state index in [1.165, 1.54) is 6.42 Å². The Morgan fingerprint density at radius 3 is 3.00 bits per heavy atom. The normalized spacial score (nSPS) is 20.1. The maximum Gasteiger partial charge on any atom is 0.317 e. The summed E-state index contributed by atoms with van der Waals surface area (Å²) in [5, 5.41) is 2.95. The number of urea groups is 1. The van der Waals surface area contributed by atoms with Crippen LogP contribution in [0.5, 0.6) is 0 Å². The van der Waals surface area contributed by atoms with E-state index in [-0.39, 0.29) is 6.03 Å². The first-order valence-electron chi connectivity index (χ1n) is 6.17. The van der Waals surface area contributed by atoms with Crippen molar-refractivity contribution in [3.05, 3.63) is 30.1 Å². The van der Waals surface area contributed by atoms with Crippen molar-refractivity contribution in [1.29, 1.82) is 0 Å². The van der Waals surface area contributed by atoms with E-state index in [4.69, 9.17) is 0 Å². The minimum atomic E-state index is 0.0494. The van der Waals surface area contributed by atoms with Gasteiger partial charge in [0.05, 0.1) is 0 Å². The van der Waals surface area contributed by atoms with Gasteiger partial charge in [-0.2, -0.15) is 0 Å². The Morgan fingerprint density at radius 2 is 2.29 bits per heavy atom. The van der Waals surface area contributed by atoms with Crippen LogP contribution in [0.3, 0.4) is 0 Å². The lowest BCUT2D eigenvalue weighted by Gasteiger charge is -2.30. The van der Waals surface area contributed by atoms with Crippen molar-refractivity contribution in [3.63, 3.8) is 0 Å². The minimum absolute atomic E-state index is 0.0494. The van der Waals surface area contributed by atoms with Gasteiger partial charge in [-0.15, -0.1) is 0 Å². The van der Waals surface area contributed by atoms with Gasteiger partial charge in [0.25, 0.3) is 0 Å². The number of likely N-dealkylation sites (tertiary alicyclic amines) is 1. The van der Waals surface area contributed by atoms with E-state index >= 15 is 0 Å². The van der Waals surface area contributed by atoms with Crippen LogP contribution in [0.4, 0.5) is 4.79 Å². The number of nitrogens with zero attached hydrogens (tertiary/aromatic N) is 2. The van der Waals surface area contributed by atoms with Crippen LogP contribution in [0.1, 0.15) is 25.3 Å². The highest BCUT2D eigenvalue weighted by Gasteiger charge is 2.20. The van der Waals surface area contributed by atoms with Crippen molar-refractivity contribution in [1.82, 2.24) is 15.2 Å². The molecule has 0 radical (unpaired) electrons. The number of carbonyl (C=O) groups is 1. The standard InChI is InChI=1S/C13H19N3O/c1-11-3-2-8-16(10-11)13(17)15-9-12-4-6-14-7-5-12/h4-7,11H,2-3,8-10H2,1H3,(H,15,17). The fourth-order valence-corrected chi connectivity index (χ4v) is 2.16. The predicted octanol–water partition coefficient (Wildman–Crippen LogP) is 2.02. The van der Waals surface area contributed by atoms with E-state index in [1.54, 1.807) is 12.4 Å². The summed E-state index contributed by atoms with van der Waals surface area (Å²) in [6.07, 6.45) is 5.83. The molecule has 4 heteroatoms. The van der Waals surface area contributed by atoms with Crippen LogP contribution in [0, 0.1) is 5.92 Å². The second-order valence-electron chi connectivity index (χ2n) is 4.71. The molecule has 1 aromatic heterocycles. The van der Waals surface area contributed by atoms with E-state index in [0.29, 0.717) is 12.5 Å². The molecule has 1 aliphatic heterocycles. The molecule has 0 bridgehead atoms. The second-order valence-corrected chi connectivity index (χ2v) is 4.71. The number of carbonyl (C=O) groups excluding carboxylic acids is 1. The molecule has 0 spiro atoms. The Hall–Kier alpha value is -1.58. The van der Waals surface area contributed by atoms with E-state index < -0.39 is 0 Å². The zero-order valence-electron chi connectivity index (χ0n) is 10.2. The first-order chi connectivity index (χ1) is 8.25. The van der Waals surface area contributed by atoms with Gasteiger partial charge in [-0.1, -0.05) is 6.92 Å². The Kier molecular flexibility index (Phi) is 3.96. The summed E-state index contributed by atoms with van der Waals surface area (Å²) in [5.41, 5.74) is 1.08. The molecule has 0 saturated carbocycles. The molecule has 1 unspecified atom stereocenters. The molecule has 1 saturated heterocycles. The first-order valence-corrected chi connectivity index (χ1v) is 6.17. The smallest absolute Gasteiger partial charge is 0.317 e. The summed E-state index contributed by atoms with van der Waals surface area (Å²) in [6, 6.07) is 3.88. The van der Waals surface area contributed by atoms with Crippen LogP contribution in [-0.2, 0) is 6.54 Å². The fourth-order valence-electron chi connectivity index (χ4n) is 2.16. The maximum atomic E-state index is 11.9. The number of pyridine rings is 1. The van der Waals surface area contributed by atoms with Crippen molar-refractivity contribution in [2.24, 2.45) is 5.92 Å². The summed E-state index contributed by atoms with van der Waals surface area (Å²) in [5.74, 6) is 0.621. The van der Waals surface area contributed by atoms with Gasteiger partial charge in [-0.3, -0.25) is 4.98 Å². The zero-order chi connectivity index (χ0) is 12.1. The summed E-state index contributed by atoms with van der Waals surface area (Å²) < 4.78 is 0. The molecule has 1 aromatic rings. The lowest BCUT2D eigenvalue weighted by molar-refractivity contribution is 0.169. The van der Waals surface area contributed by atoms with Crippen LogP contribution < -0.4 is 5.32 Å². The van der Waals surface area contributed by atoms with Crippen molar-refractivity contribution >= 4 is 6.03 Å². The molecule has 2 amide bonds. The number of piperidine rings is 1. The van der Waals surface area contributed by atoms with Crippen LogP contribution in [0.2, 0.25) is 0 Å². The van der Waals surface area contributed by atoms with Gasteiger partial charge in [0.15, 0.2) is 0 Å². The van der Waals surface area contributed by atoms with Crippen molar-refractivity contribution in [2.75, 3.05) is 13.1 Å². The second kappa shape index (κ2) is 5.66. The van der Waals surface area contributed by atoms with Crippen molar-refractivity contribution < 1.29 is 4.79 Å². The number of rotatable bonds is 2. The van der Waals surface area contributed by atoms with Crippen LogP contribution in [-0.4, -0.2) is 29.0 Å². The highest BCUT2D eigenvalue weighted by atomic mass is 16.2. The summed E-state index contributed by atoms with van der Waals surface area (Å²) in [4.78, 5) is 17.8. The van der Waals surface area contributed by atoms with E-state index in [1.807, 2.05) is 17.0 Å². The monoisotopic (exact) mass is 233 g/mol. The molecule has 2 rings (SSSR count). The third kappa shape index (κ3) is 3.44. The van der Waals surface area contributed by atoms with Gasteiger partial charge in [0, 0.05) is 32.0 Å². The number of amides is 2. The van der Waals surface area contributed by atoms with E-state index in [2.05, 4.69) is 17.2 Å². The molecular formula is C13H19N3O. The first kappa shape index (κ1) is 11.9. The lowest BCUT2D eigenvalue weighted by Crippen LogP contribution is -2.44. The van der Waals surface area contributed by atoms with Gasteiger partial charge >= 0.3 is 6.03 Å². The van der Waals surface area contributed by atoms with Crippen molar-refractivity contribution in [2.45, 2.75) is 26.3 Å². The predicted molar refractivity (Wildman–Crippen MR) is 66.4 cm³/mol. The lowest BCUT2D eigenvalue weighted by atomic mass is 10.0. The molecule has 92 valence electrons. The minimum Gasteiger partial charge on any atom is -0.334 e. The van der Waals surface area contributed by atoms with Gasteiger partial charge in [-0.05, 0) is 36.5 Å². The molecule has 1 atom stereocenters. The molecule has 17 heavy (non-hydrogen) atoms. The van der Waals surface area contributed by atoms with Gasteiger partial charge in [-0.25, -0.2) is 4.79 Å². The molecule has 0 aliphatic carbocycles. The van der Waals surface area contributed by atoms with Crippen molar-refractivity contribution in [3.8, 4) is 0 Å². The highest BCUT2D eigenvalue weighted by molar-refractivity contribution is 5.74. The number of nitrogens with one attached hydrogen (secondary N) is 1. The summed E-state index contributed by atoms with van der Waals surface area (Å²) in [6.45, 7) is 4.53. The molecule has 4 nitrogen and oxygen atoms in total. The average molecular weight is 233 g/mol. The molecule has 1 fully saturated rings. The Balaban J connectivity index is 1.81. The van der Waals surface area contributed by atoms with Crippen LogP contribution in [0.25, 0.3) is 0 Å². The summed E-state index contributed by atoms with van der Waals surface area (Å²) in [7, 11) is 0. The maximum absolute atomic E-state index is 11.9. The third-order valence-corrected chi connectivity index (χ3v) is 3.14. The third-order valence-electron chi connectivity index (χ3n) is 3.14. The summed E-state index contributed by atoms with van der Waals surface area (Å²) >= 11 is 0. The quantitative estimate of drug-likeness (QED) is 0.849.